The Morgan fingerprint density at radius 3 is 3.21 bits per heavy atom. The van der Waals surface area contributed by atoms with E-state index in [-0.39, 0.29) is 11.7 Å². The first kappa shape index (κ1) is 13.3. The average molecular weight is 279 g/mol. The normalized spacial score (nSPS) is 10.4. The Balaban J connectivity index is 1.86. The Bertz CT molecular complexity index is 577. The second-order valence-corrected chi connectivity index (χ2v) is 4.67. The predicted octanol–water partition coefficient (Wildman–Crippen LogP) is 1.49. The largest absolute Gasteiger partial charge is 0.338 e. The summed E-state index contributed by atoms with van der Waals surface area (Å²) in [5, 5.41) is 14.7. The van der Waals surface area contributed by atoms with Gasteiger partial charge in [-0.25, -0.2) is 0 Å². The van der Waals surface area contributed by atoms with E-state index in [1.807, 2.05) is 4.57 Å². The van der Waals surface area contributed by atoms with Gasteiger partial charge in [0.15, 0.2) is 5.16 Å². The van der Waals surface area contributed by atoms with E-state index in [0.717, 1.165) is 0 Å². The molecule has 0 aliphatic heterocycles. The molecule has 2 rings (SSSR count). The maximum atomic E-state index is 11.7. The minimum absolute atomic E-state index is 0.186. The Morgan fingerprint density at radius 1 is 1.68 bits per heavy atom. The van der Waals surface area contributed by atoms with Crippen molar-refractivity contribution in [2.75, 3.05) is 11.1 Å². The van der Waals surface area contributed by atoms with E-state index in [1.54, 1.807) is 25.4 Å². The molecule has 100 valence electrons. The summed E-state index contributed by atoms with van der Waals surface area (Å²) in [5.41, 5.74) is 0.716. The van der Waals surface area contributed by atoms with Crippen molar-refractivity contribution in [1.82, 2.24) is 19.9 Å². The third-order valence-corrected chi connectivity index (χ3v) is 3.11. The number of nitrogens with zero attached hydrogens (tertiary/aromatic N) is 4. The van der Waals surface area contributed by atoms with Crippen LogP contribution in [0.4, 0.5) is 5.88 Å². The number of aryl methyl sites for hydroxylation is 1. The van der Waals surface area contributed by atoms with Crippen LogP contribution in [0, 0.1) is 6.92 Å². The monoisotopic (exact) mass is 279 g/mol. The number of carbonyl (C=O) groups excluding carboxylic acids is 1. The summed E-state index contributed by atoms with van der Waals surface area (Å²) in [6.07, 6.45) is 3.34. The van der Waals surface area contributed by atoms with Crippen LogP contribution in [0.1, 0.15) is 5.69 Å². The molecule has 0 aliphatic rings. The van der Waals surface area contributed by atoms with Gasteiger partial charge in [-0.15, -0.1) is 16.8 Å². The SMILES string of the molecule is C=CCn1cnnc1SCC(=O)Nc1cc(C)no1. The van der Waals surface area contributed by atoms with E-state index >= 15 is 0 Å². The summed E-state index contributed by atoms with van der Waals surface area (Å²) in [4.78, 5) is 11.7. The number of thioether (sulfide) groups is 1. The highest BCUT2D eigenvalue weighted by atomic mass is 32.2. The number of hydrogen-bond acceptors (Lipinski definition) is 6. The van der Waals surface area contributed by atoms with Crippen molar-refractivity contribution in [2.45, 2.75) is 18.6 Å². The van der Waals surface area contributed by atoms with Gasteiger partial charge in [-0.05, 0) is 6.92 Å². The summed E-state index contributed by atoms with van der Waals surface area (Å²) in [6.45, 7) is 6.04. The zero-order valence-electron chi connectivity index (χ0n) is 10.4. The fourth-order valence-corrected chi connectivity index (χ4v) is 2.07. The number of aromatic nitrogens is 4. The molecule has 0 radical (unpaired) electrons. The van der Waals surface area contributed by atoms with Gasteiger partial charge in [-0.3, -0.25) is 10.1 Å². The number of amides is 1. The Kier molecular flexibility index (Phi) is 4.35. The molecule has 2 aromatic rings. The lowest BCUT2D eigenvalue weighted by molar-refractivity contribution is -0.113. The molecule has 7 nitrogen and oxygen atoms in total. The van der Waals surface area contributed by atoms with Crippen molar-refractivity contribution in [3.05, 3.63) is 30.7 Å². The third kappa shape index (κ3) is 3.68. The minimum Gasteiger partial charge on any atom is -0.338 e. The van der Waals surface area contributed by atoms with E-state index in [2.05, 4.69) is 27.2 Å². The number of anilines is 1. The first-order chi connectivity index (χ1) is 9.19. The second kappa shape index (κ2) is 6.19. The predicted molar refractivity (Wildman–Crippen MR) is 70.8 cm³/mol. The Morgan fingerprint density at radius 2 is 2.53 bits per heavy atom. The molecule has 2 aromatic heterocycles. The summed E-state index contributed by atoms with van der Waals surface area (Å²) < 4.78 is 6.71. The van der Waals surface area contributed by atoms with E-state index in [9.17, 15) is 4.79 Å². The molecule has 1 N–H and O–H groups in total. The summed E-state index contributed by atoms with van der Waals surface area (Å²) in [6, 6.07) is 1.66. The number of hydrogen-bond donors (Lipinski definition) is 1. The summed E-state index contributed by atoms with van der Waals surface area (Å²) in [7, 11) is 0. The van der Waals surface area contributed by atoms with Crippen molar-refractivity contribution in [1.29, 1.82) is 0 Å². The van der Waals surface area contributed by atoms with Crippen molar-refractivity contribution in [3.8, 4) is 0 Å². The molecule has 2 heterocycles. The highest BCUT2D eigenvalue weighted by Gasteiger charge is 2.10. The molecule has 0 atom stereocenters. The van der Waals surface area contributed by atoms with Crippen molar-refractivity contribution in [2.24, 2.45) is 0 Å². The van der Waals surface area contributed by atoms with Crippen LogP contribution in [0.15, 0.2) is 34.7 Å². The van der Waals surface area contributed by atoms with Crippen LogP contribution in [0.25, 0.3) is 0 Å². The lowest BCUT2D eigenvalue weighted by atomic mass is 10.5. The van der Waals surface area contributed by atoms with Gasteiger partial charge in [0.25, 0.3) is 0 Å². The minimum atomic E-state index is -0.186. The van der Waals surface area contributed by atoms with Gasteiger partial charge in [-0.2, -0.15) is 0 Å². The zero-order chi connectivity index (χ0) is 13.7. The molecule has 0 saturated carbocycles. The fraction of sp³-hybridized carbons (Fsp3) is 0.273. The highest BCUT2D eigenvalue weighted by Crippen LogP contribution is 2.15. The third-order valence-electron chi connectivity index (χ3n) is 2.13. The highest BCUT2D eigenvalue weighted by molar-refractivity contribution is 7.99. The van der Waals surface area contributed by atoms with Crippen molar-refractivity contribution >= 4 is 23.6 Å². The van der Waals surface area contributed by atoms with Crippen LogP contribution in [0.3, 0.4) is 0 Å². The van der Waals surface area contributed by atoms with Crippen molar-refractivity contribution in [3.63, 3.8) is 0 Å². The average Bonchev–Trinajstić information content (AvgIpc) is 2.97. The van der Waals surface area contributed by atoms with Gasteiger partial charge < -0.3 is 9.09 Å². The lowest BCUT2D eigenvalue weighted by Gasteiger charge is -2.02. The van der Waals surface area contributed by atoms with Crippen LogP contribution >= 0.6 is 11.8 Å². The molecule has 1 amide bonds. The molecule has 8 heteroatoms. The first-order valence-electron chi connectivity index (χ1n) is 5.53. The van der Waals surface area contributed by atoms with Crippen molar-refractivity contribution < 1.29 is 9.32 Å². The number of rotatable bonds is 6. The lowest BCUT2D eigenvalue weighted by Crippen LogP contribution is -2.14. The molecule has 0 bridgehead atoms. The van der Waals surface area contributed by atoms with Gasteiger partial charge in [0.2, 0.25) is 11.8 Å². The number of allylic oxidation sites excluding steroid dienone is 1. The van der Waals surface area contributed by atoms with Gasteiger partial charge >= 0.3 is 0 Å². The van der Waals surface area contributed by atoms with Gasteiger partial charge in [0.1, 0.15) is 6.33 Å². The zero-order valence-corrected chi connectivity index (χ0v) is 11.2. The molecular formula is C11H13N5O2S. The maximum absolute atomic E-state index is 11.7. The van der Waals surface area contributed by atoms with E-state index < -0.39 is 0 Å². The van der Waals surface area contributed by atoms with Crippen LogP contribution in [0.5, 0.6) is 0 Å². The van der Waals surface area contributed by atoms with E-state index in [0.29, 0.717) is 23.3 Å². The number of carbonyl (C=O) groups is 1. The molecule has 0 fully saturated rings. The van der Waals surface area contributed by atoms with E-state index in [1.165, 1.54) is 11.8 Å². The van der Waals surface area contributed by atoms with Crippen LogP contribution in [0.2, 0.25) is 0 Å². The van der Waals surface area contributed by atoms with E-state index in [4.69, 9.17) is 4.52 Å². The quantitative estimate of drug-likeness (QED) is 0.637. The molecule has 0 saturated heterocycles. The first-order valence-corrected chi connectivity index (χ1v) is 6.52. The Hall–Kier alpha value is -2.09. The smallest absolute Gasteiger partial charge is 0.237 e. The molecular weight excluding hydrogens is 266 g/mol. The molecule has 0 aromatic carbocycles. The van der Waals surface area contributed by atoms with Crippen LogP contribution in [-0.4, -0.2) is 31.6 Å². The Labute approximate surface area is 114 Å². The van der Waals surface area contributed by atoms with Gasteiger partial charge in [0.05, 0.1) is 11.4 Å². The van der Waals surface area contributed by atoms with Gasteiger partial charge in [-0.1, -0.05) is 23.0 Å². The van der Waals surface area contributed by atoms with Gasteiger partial charge in [0, 0.05) is 12.6 Å². The molecule has 0 aliphatic carbocycles. The molecule has 0 unspecified atom stereocenters. The summed E-state index contributed by atoms with van der Waals surface area (Å²) in [5.74, 6) is 0.375. The maximum Gasteiger partial charge on any atom is 0.237 e. The van der Waals surface area contributed by atoms with Crippen LogP contribution < -0.4 is 5.32 Å². The molecule has 19 heavy (non-hydrogen) atoms. The molecule has 0 spiro atoms. The summed E-state index contributed by atoms with van der Waals surface area (Å²) >= 11 is 1.30. The van der Waals surface area contributed by atoms with Crippen LogP contribution in [-0.2, 0) is 11.3 Å². The number of nitrogens with one attached hydrogen (secondary N) is 1. The standard InChI is InChI=1S/C11H13N5O2S/c1-3-4-16-7-12-14-11(16)19-6-9(17)13-10-5-8(2)15-18-10/h3,5,7H,1,4,6H2,2H3,(H,13,17). The second-order valence-electron chi connectivity index (χ2n) is 3.72. The topological polar surface area (TPSA) is 85.8 Å². The fourth-order valence-electron chi connectivity index (χ4n) is 1.35.